The predicted octanol–water partition coefficient (Wildman–Crippen LogP) is 0.975. The molecule has 0 saturated heterocycles. The Labute approximate surface area is 147 Å². The van der Waals surface area contributed by atoms with Crippen LogP contribution in [-0.2, 0) is 0 Å². The Morgan fingerprint density at radius 1 is 1.36 bits per heavy atom. The summed E-state index contributed by atoms with van der Waals surface area (Å²) in [6, 6.07) is 3.64. The molecule has 1 atom stereocenters. The fourth-order valence-electron chi connectivity index (χ4n) is 2.32. The maximum atomic E-state index is 8.90. The number of hydrogen-bond acceptors (Lipinski definition) is 7. The number of aliphatic imine (C=N–C) groups is 1. The molecule has 25 heavy (non-hydrogen) atoms. The Balaban J connectivity index is 2.46. The molecule has 0 spiro atoms. The number of hydrogen-bond donors (Lipinski definition) is 4. The number of benzene rings is 1. The standard InChI is InChI=1S/C18H24N4O3/c1-12(2)14-11-15(24-3)13(6-4-5-9-23)10-16(14)25-18(20)21-8-7-17(19)22-18/h7-8,10-12,21,23H,5,9,20H2,1-3H3,(H2,19,22). The summed E-state index contributed by atoms with van der Waals surface area (Å²) in [6.45, 7) is 4.07. The molecule has 0 bridgehead atoms. The number of ether oxygens (including phenoxy) is 2. The highest BCUT2D eigenvalue weighted by Crippen LogP contribution is 2.34. The zero-order valence-corrected chi connectivity index (χ0v) is 14.7. The Morgan fingerprint density at radius 3 is 2.72 bits per heavy atom. The van der Waals surface area contributed by atoms with Gasteiger partial charge in [0.15, 0.2) is 0 Å². The van der Waals surface area contributed by atoms with Crippen molar-refractivity contribution in [1.29, 1.82) is 0 Å². The highest BCUT2D eigenvalue weighted by Gasteiger charge is 2.29. The van der Waals surface area contributed by atoms with Crippen LogP contribution in [0.1, 0.15) is 37.3 Å². The number of nitrogens with one attached hydrogen (secondary N) is 1. The summed E-state index contributed by atoms with van der Waals surface area (Å²) >= 11 is 0. The van der Waals surface area contributed by atoms with Gasteiger partial charge in [-0.05, 0) is 18.1 Å². The zero-order chi connectivity index (χ0) is 18.4. The van der Waals surface area contributed by atoms with Gasteiger partial charge in [0.1, 0.15) is 17.3 Å². The van der Waals surface area contributed by atoms with Crippen LogP contribution >= 0.6 is 0 Å². The van der Waals surface area contributed by atoms with Crippen molar-refractivity contribution < 1.29 is 14.6 Å². The van der Waals surface area contributed by atoms with Crippen LogP contribution in [0.3, 0.4) is 0 Å². The molecular weight excluding hydrogens is 320 g/mol. The minimum Gasteiger partial charge on any atom is -0.495 e. The van der Waals surface area contributed by atoms with Gasteiger partial charge in [0.05, 0.1) is 19.3 Å². The molecule has 1 aliphatic rings. The minimum absolute atomic E-state index is 0.00108. The fourth-order valence-corrected chi connectivity index (χ4v) is 2.32. The molecule has 0 aromatic heterocycles. The van der Waals surface area contributed by atoms with Gasteiger partial charge in [-0.1, -0.05) is 25.7 Å². The van der Waals surface area contributed by atoms with Gasteiger partial charge in [0, 0.05) is 24.3 Å². The number of aliphatic hydroxyl groups is 1. The predicted molar refractivity (Wildman–Crippen MR) is 97.1 cm³/mol. The van der Waals surface area contributed by atoms with E-state index in [1.807, 2.05) is 19.9 Å². The number of aliphatic hydroxyl groups excluding tert-OH is 1. The van der Waals surface area contributed by atoms with E-state index >= 15 is 0 Å². The summed E-state index contributed by atoms with van der Waals surface area (Å²) in [4.78, 5) is 4.11. The lowest BCUT2D eigenvalue weighted by Crippen LogP contribution is -2.57. The molecule has 0 fully saturated rings. The Morgan fingerprint density at radius 2 is 2.12 bits per heavy atom. The van der Waals surface area contributed by atoms with E-state index in [1.54, 1.807) is 25.5 Å². The third kappa shape index (κ3) is 4.66. The molecule has 0 amide bonds. The van der Waals surface area contributed by atoms with E-state index in [4.69, 9.17) is 26.0 Å². The van der Waals surface area contributed by atoms with Gasteiger partial charge < -0.3 is 25.6 Å². The average molecular weight is 344 g/mol. The van der Waals surface area contributed by atoms with Gasteiger partial charge >= 0.3 is 5.97 Å². The van der Waals surface area contributed by atoms with Crippen molar-refractivity contribution in [2.75, 3.05) is 13.7 Å². The Hall–Kier alpha value is -2.69. The van der Waals surface area contributed by atoms with Crippen molar-refractivity contribution in [2.24, 2.45) is 16.5 Å². The third-order valence-electron chi connectivity index (χ3n) is 3.52. The van der Waals surface area contributed by atoms with Crippen molar-refractivity contribution in [3.05, 3.63) is 35.5 Å². The number of methoxy groups -OCH3 is 1. The summed E-state index contributed by atoms with van der Waals surface area (Å²) in [5, 5.41) is 11.7. The first-order chi connectivity index (χ1) is 11.9. The van der Waals surface area contributed by atoms with Crippen molar-refractivity contribution in [2.45, 2.75) is 32.2 Å². The summed E-state index contributed by atoms with van der Waals surface area (Å²) in [6.07, 6.45) is 3.56. The second-order valence-electron chi connectivity index (χ2n) is 5.83. The van der Waals surface area contributed by atoms with Crippen LogP contribution in [0.15, 0.2) is 29.4 Å². The molecule has 134 valence electrons. The lowest BCUT2D eigenvalue weighted by Gasteiger charge is -2.30. The first-order valence-corrected chi connectivity index (χ1v) is 7.97. The van der Waals surface area contributed by atoms with Crippen LogP contribution in [0.25, 0.3) is 0 Å². The monoisotopic (exact) mass is 344 g/mol. The van der Waals surface area contributed by atoms with Crippen LogP contribution in [0.4, 0.5) is 0 Å². The average Bonchev–Trinajstić information content (AvgIpc) is 2.54. The van der Waals surface area contributed by atoms with Gasteiger partial charge in [-0.25, -0.2) is 0 Å². The topological polar surface area (TPSA) is 115 Å². The van der Waals surface area contributed by atoms with Crippen LogP contribution in [0, 0.1) is 11.8 Å². The first kappa shape index (κ1) is 18.6. The second-order valence-corrected chi connectivity index (χ2v) is 5.83. The van der Waals surface area contributed by atoms with E-state index in [-0.39, 0.29) is 18.4 Å². The first-order valence-electron chi connectivity index (χ1n) is 7.97. The highest BCUT2D eigenvalue weighted by molar-refractivity contribution is 5.92. The zero-order valence-electron chi connectivity index (χ0n) is 14.7. The Kier molecular flexibility index (Phi) is 5.91. The van der Waals surface area contributed by atoms with E-state index in [9.17, 15) is 0 Å². The minimum atomic E-state index is -1.49. The van der Waals surface area contributed by atoms with Crippen molar-refractivity contribution in [1.82, 2.24) is 5.32 Å². The molecule has 7 heteroatoms. The lowest BCUT2D eigenvalue weighted by atomic mass is 9.99. The van der Waals surface area contributed by atoms with E-state index in [0.717, 1.165) is 5.56 Å². The molecule has 0 aliphatic carbocycles. The van der Waals surface area contributed by atoms with Crippen LogP contribution in [0.5, 0.6) is 11.5 Å². The smallest absolute Gasteiger partial charge is 0.342 e. The summed E-state index contributed by atoms with van der Waals surface area (Å²) in [5.74, 6) is 5.96. The van der Waals surface area contributed by atoms with Gasteiger partial charge in [0.2, 0.25) is 0 Å². The molecule has 6 N–H and O–H groups in total. The summed E-state index contributed by atoms with van der Waals surface area (Å²) in [5.41, 5.74) is 13.4. The van der Waals surface area contributed by atoms with Crippen LogP contribution < -0.4 is 26.3 Å². The van der Waals surface area contributed by atoms with Crippen molar-refractivity contribution in [3.8, 4) is 23.3 Å². The third-order valence-corrected chi connectivity index (χ3v) is 3.52. The molecule has 2 rings (SSSR count). The molecule has 1 heterocycles. The number of nitrogens with zero attached hydrogens (tertiary/aromatic N) is 1. The molecule has 1 aliphatic heterocycles. The van der Waals surface area contributed by atoms with Gasteiger partial charge in [-0.15, -0.1) is 0 Å². The Bertz CT molecular complexity index is 747. The van der Waals surface area contributed by atoms with E-state index in [2.05, 4.69) is 22.2 Å². The number of rotatable bonds is 5. The molecule has 1 aromatic rings. The van der Waals surface area contributed by atoms with E-state index in [0.29, 0.717) is 23.5 Å². The number of nitrogens with two attached hydrogens (primary N) is 2. The molecular formula is C18H24N4O3. The van der Waals surface area contributed by atoms with Crippen molar-refractivity contribution in [3.63, 3.8) is 0 Å². The number of amidine groups is 1. The maximum Gasteiger partial charge on any atom is 0.342 e. The maximum absolute atomic E-state index is 8.90. The molecule has 1 unspecified atom stereocenters. The summed E-state index contributed by atoms with van der Waals surface area (Å²) in [7, 11) is 1.58. The summed E-state index contributed by atoms with van der Waals surface area (Å²) < 4.78 is 11.4. The van der Waals surface area contributed by atoms with Crippen molar-refractivity contribution >= 4 is 5.84 Å². The van der Waals surface area contributed by atoms with Gasteiger partial charge in [-0.3, -0.25) is 5.73 Å². The molecule has 1 aromatic carbocycles. The van der Waals surface area contributed by atoms with Gasteiger partial charge in [0.25, 0.3) is 0 Å². The van der Waals surface area contributed by atoms with Crippen LogP contribution in [0.2, 0.25) is 0 Å². The SMILES string of the molecule is COc1cc(C(C)C)c(OC2(N)N=C(N)C=CN2)cc1C#CCCO. The quantitative estimate of drug-likeness (QED) is 0.467. The largest absolute Gasteiger partial charge is 0.495 e. The molecule has 0 radical (unpaired) electrons. The van der Waals surface area contributed by atoms with E-state index in [1.165, 1.54) is 0 Å². The molecule has 0 saturated carbocycles. The normalized spacial score (nSPS) is 18.9. The highest BCUT2D eigenvalue weighted by atomic mass is 16.5. The van der Waals surface area contributed by atoms with Gasteiger partial charge in [-0.2, -0.15) is 4.99 Å². The fraction of sp³-hybridized carbons (Fsp3) is 0.389. The lowest BCUT2D eigenvalue weighted by molar-refractivity contribution is 0.0603. The van der Waals surface area contributed by atoms with Crippen LogP contribution in [-0.4, -0.2) is 30.6 Å². The molecule has 7 nitrogen and oxygen atoms in total. The van der Waals surface area contributed by atoms with E-state index < -0.39 is 5.97 Å². The second kappa shape index (κ2) is 7.92.